The van der Waals surface area contributed by atoms with E-state index in [1.54, 1.807) is 12.4 Å². The highest BCUT2D eigenvalue weighted by atomic mass is 16.5. The highest BCUT2D eigenvalue weighted by Crippen LogP contribution is 2.23. The first-order chi connectivity index (χ1) is 10.2. The van der Waals surface area contributed by atoms with Gasteiger partial charge < -0.3 is 14.4 Å². The third kappa shape index (κ3) is 4.31. The van der Waals surface area contributed by atoms with Crippen LogP contribution in [0.2, 0.25) is 0 Å². The molecule has 1 saturated heterocycles. The second kappa shape index (κ2) is 7.81. The van der Waals surface area contributed by atoms with Crippen molar-refractivity contribution in [2.24, 2.45) is 5.92 Å². The molecule has 6 nitrogen and oxygen atoms in total. The van der Waals surface area contributed by atoms with E-state index in [1.807, 2.05) is 6.92 Å². The Morgan fingerprint density at radius 1 is 1.33 bits per heavy atom. The molecule has 0 unspecified atom stereocenters. The summed E-state index contributed by atoms with van der Waals surface area (Å²) >= 11 is 0. The molecule has 1 aliphatic rings. The van der Waals surface area contributed by atoms with Crippen LogP contribution in [0.3, 0.4) is 0 Å². The van der Waals surface area contributed by atoms with Crippen molar-refractivity contribution in [3.8, 4) is 5.88 Å². The van der Waals surface area contributed by atoms with Crippen molar-refractivity contribution < 1.29 is 14.3 Å². The fraction of sp³-hybridized carbons (Fsp3) is 0.667. The van der Waals surface area contributed by atoms with Gasteiger partial charge in [-0.1, -0.05) is 6.92 Å². The maximum Gasteiger partial charge on any atom is 0.309 e. The lowest BCUT2D eigenvalue weighted by molar-refractivity contribution is -0.148. The number of hydrogen-bond acceptors (Lipinski definition) is 6. The van der Waals surface area contributed by atoms with E-state index in [9.17, 15) is 4.79 Å². The zero-order valence-corrected chi connectivity index (χ0v) is 12.7. The molecule has 0 saturated carbocycles. The van der Waals surface area contributed by atoms with Crippen LogP contribution in [0.15, 0.2) is 12.4 Å². The molecule has 0 atom stereocenters. The van der Waals surface area contributed by atoms with Crippen LogP contribution in [-0.2, 0) is 9.53 Å². The molecular formula is C15H23N3O3. The van der Waals surface area contributed by atoms with Gasteiger partial charge in [-0.25, -0.2) is 0 Å². The average Bonchev–Trinajstić information content (AvgIpc) is 2.53. The summed E-state index contributed by atoms with van der Waals surface area (Å²) in [5.74, 6) is 1.30. The van der Waals surface area contributed by atoms with E-state index in [2.05, 4.69) is 21.8 Å². The lowest BCUT2D eigenvalue weighted by atomic mass is 9.97. The SMILES string of the molecule is CCCOc1cncc(N2CCC(C(=O)OCC)CC2)n1. The summed E-state index contributed by atoms with van der Waals surface area (Å²) in [5.41, 5.74) is 0. The minimum Gasteiger partial charge on any atom is -0.477 e. The van der Waals surface area contributed by atoms with Gasteiger partial charge in [0.15, 0.2) is 5.82 Å². The van der Waals surface area contributed by atoms with Crippen molar-refractivity contribution in [2.75, 3.05) is 31.2 Å². The number of piperidine rings is 1. The quantitative estimate of drug-likeness (QED) is 0.748. The summed E-state index contributed by atoms with van der Waals surface area (Å²) in [7, 11) is 0. The number of esters is 1. The summed E-state index contributed by atoms with van der Waals surface area (Å²) in [6.45, 7) is 6.55. The van der Waals surface area contributed by atoms with Crippen LogP contribution in [0.1, 0.15) is 33.1 Å². The monoisotopic (exact) mass is 293 g/mol. The fourth-order valence-corrected chi connectivity index (χ4v) is 2.37. The number of aromatic nitrogens is 2. The summed E-state index contributed by atoms with van der Waals surface area (Å²) in [6, 6.07) is 0. The molecule has 1 aliphatic heterocycles. The minimum absolute atomic E-state index is 0.00804. The molecule has 0 amide bonds. The number of anilines is 1. The molecule has 0 bridgehead atoms. The van der Waals surface area contributed by atoms with Gasteiger partial charge in [0.2, 0.25) is 5.88 Å². The van der Waals surface area contributed by atoms with Crippen LogP contribution in [0, 0.1) is 5.92 Å². The minimum atomic E-state index is -0.0803. The Morgan fingerprint density at radius 2 is 2.10 bits per heavy atom. The summed E-state index contributed by atoms with van der Waals surface area (Å²) in [5, 5.41) is 0. The molecule has 1 aromatic heterocycles. The molecule has 2 rings (SSSR count). The van der Waals surface area contributed by atoms with Crippen molar-refractivity contribution >= 4 is 11.8 Å². The van der Waals surface area contributed by atoms with Crippen molar-refractivity contribution in [3.05, 3.63) is 12.4 Å². The van der Waals surface area contributed by atoms with E-state index < -0.39 is 0 Å². The van der Waals surface area contributed by atoms with Crippen LogP contribution in [0.4, 0.5) is 5.82 Å². The molecule has 21 heavy (non-hydrogen) atoms. The van der Waals surface area contributed by atoms with Crippen molar-refractivity contribution in [2.45, 2.75) is 33.1 Å². The maximum absolute atomic E-state index is 11.7. The van der Waals surface area contributed by atoms with Crippen molar-refractivity contribution in [1.29, 1.82) is 0 Å². The number of rotatable bonds is 6. The molecule has 116 valence electrons. The zero-order valence-electron chi connectivity index (χ0n) is 12.7. The predicted molar refractivity (Wildman–Crippen MR) is 79.4 cm³/mol. The van der Waals surface area contributed by atoms with E-state index in [-0.39, 0.29) is 11.9 Å². The highest BCUT2D eigenvalue weighted by molar-refractivity contribution is 5.72. The van der Waals surface area contributed by atoms with E-state index in [4.69, 9.17) is 9.47 Å². The van der Waals surface area contributed by atoms with Crippen LogP contribution < -0.4 is 9.64 Å². The lowest BCUT2D eigenvalue weighted by Gasteiger charge is -2.31. The van der Waals surface area contributed by atoms with Gasteiger partial charge in [-0.15, -0.1) is 0 Å². The lowest BCUT2D eigenvalue weighted by Crippen LogP contribution is -2.37. The van der Waals surface area contributed by atoms with E-state index in [0.29, 0.717) is 19.1 Å². The zero-order chi connectivity index (χ0) is 15.1. The topological polar surface area (TPSA) is 64.5 Å². The van der Waals surface area contributed by atoms with Crippen LogP contribution in [0.5, 0.6) is 5.88 Å². The molecule has 0 radical (unpaired) electrons. The highest BCUT2D eigenvalue weighted by Gasteiger charge is 2.26. The van der Waals surface area contributed by atoms with Crippen LogP contribution in [-0.4, -0.2) is 42.2 Å². The standard InChI is InChI=1S/C15H23N3O3/c1-3-9-21-14-11-16-10-13(17-14)18-7-5-12(6-8-18)15(19)20-4-2/h10-12H,3-9H2,1-2H3. The van der Waals surface area contributed by atoms with Gasteiger partial charge in [0.25, 0.3) is 0 Å². The van der Waals surface area contributed by atoms with Crippen molar-refractivity contribution in [1.82, 2.24) is 9.97 Å². The maximum atomic E-state index is 11.7. The molecule has 0 aliphatic carbocycles. The van der Waals surface area contributed by atoms with Gasteiger partial charge in [-0.05, 0) is 26.2 Å². The second-order valence-electron chi connectivity index (χ2n) is 5.08. The molecule has 0 spiro atoms. The molecule has 6 heteroatoms. The van der Waals surface area contributed by atoms with Crippen LogP contribution >= 0.6 is 0 Å². The van der Waals surface area contributed by atoms with Gasteiger partial charge in [-0.2, -0.15) is 4.98 Å². The normalized spacial score (nSPS) is 15.8. The molecule has 1 fully saturated rings. The summed E-state index contributed by atoms with van der Waals surface area (Å²) in [4.78, 5) is 22.5. The Kier molecular flexibility index (Phi) is 5.78. The summed E-state index contributed by atoms with van der Waals surface area (Å²) < 4.78 is 10.6. The predicted octanol–water partition coefficient (Wildman–Crippen LogP) is 2.04. The Balaban J connectivity index is 1.91. The second-order valence-corrected chi connectivity index (χ2v) is 5.08. The third-order valence-corrected chi connectivity index (χ3v) is 3.49. The van der Waals surface area contributed by atoms with Gasteiger partial charge in [0.1, 0.15) is 0 Å². The number of hydrogen-bond donors (Lipinski definition) is 0. The van der Waals surface area contributed by atoms with E-state index >= 15 is 0 Å². The van der Waals surface area contributed by atoms with E-state index in [0.717, 1.165) is 38.2 Å². The molecule has 1 aromatic rings. The molecule has 0 aromatic carbocycles. The molecular weight excluding hydrogens is 270 g/mol. The largest absolute Gasteiger partial charge is 0.477 e. The number of nitrogens with zero attached hydrogens (tertiary/aromatic N) is 3. The average molecular weight is 293 g/mol. The Bertz CT molecular complexity index is 459. The van der Waals surface area contributed by atoms with Gasteiger partial charge in [-0.3, -0.25) is 9.78 Å². The number of ether oxygens (including phenoxy) is 2. The first-order valence-electron chi connectivity index (χ1n) is 7.61. The van der Waals surface area contributed by atoms with E-state index in [1.165, 1.54) is 0 Å². The van der Waals surface area contributed by atoms with Gasteiger partial charge in [0, 0.05) is 13.1 Å². The fourth-order valence-electron chi connectivity index (χ4n) is 2.37. The summed E-state index contributed by atoms with van der Waals surface area (Å²) in [6.07, 6.45) is 5.89. The Morgan fingerprint density at radius 3 is 2.76 bits per heavy atom. The Hall–Kier alpha value is -1.85. The Labute approximate surface area is 125 Å². The van der Waals surface area contributed by atoms with Gasteiger partial charge in [0.05, 0.1) is 31.5 Å². The van der Waals surface area contributed by atoms with Crippen molar-refractivity contribution in [3.63, 3.8) is 0 Å². The number of carbonyl (C=O) groups excluding carboxylic acids is 1. The van der Waals surface area contributed by atoms with Gasteiger partial charge >= 0.3 is 5.97 Å². The number of carbonyl (C=O) groups is 1. The molecule has 2 heterocycles. The molecule has 0 N–H and O–H groups in total. The third-order valence-electron chi connectivity index (χ3n) is 3.49. The smallest absolute Gasteiger partial charge is 0.309 e. The first kappa shape index (κ1) is 15.5. The van der Waals surface area contributed by atoms with Crippen LogP contribution in [0.25, 0.3) is 0 Å². The first-order valence-corrected chi connectivity index (χ1v) is 7.61.